The lowest BCUT2D eigenvalue weighted by atomic mass is 10.0. The van der Waals surface area contributed by atoms with Crippen LogP contribution in [0.3, 0.4) is 0 Å². The van der Waals surface area contributed by atoms with Gasteiger partial charge in [-0.05, 0) is 36.8 Å². The molecule has 8 nitrogen and oxygen atoms in total. The Kier molecular flexibility index (Phi) is 8.18. The summed E-state index contributed by atoms with van der Waals surface area (Å²) < 4.78 is 11.5. The number of fused-ring (bicyclic) bond motifs is 3. The molecule has 0 aliphatic heterocycles. The molecule has 4 aromatic rings. The fraction of sp³-hybridized carbons (Fsp3) is 0.269. The van der Waals surface area contributed by atoms with Gasteiger partial charge in [0.2, 0.25) is 0 Å². The van der Waals surface area contributed by atoms with Crippen molar-refractivity contribution in [3.05, 3.63) is 58.3 Å². The molecule has 2 heterocycles. The highest BCUT2D eigenvalue weighted by Crippen LogP contribution is 2.39. The first-order chi connectivity index (χ1) is 17.4. The number of rotatable bonds is 9. The number of nitrogens with zero attached hydrogens (tertiary/aromatic N) is 1. The van der Waals surface area contributed by atoms with Crippen LogP contribution in [0.1, 0.15) is 43.0 Å². The van der Waals surface area contributed by atoms with E-state index in [2.05, 4.69) is 27.9 Å². The summed E-state index contributed by atoms with van der Waals surface area (Å²) in [7, 11) is 1.52. The number of aromatic nitrogens is 1. The summed E-state index contributed by atoms with van der Waals surface area (Å²) >= 11 is 12.4. The SMILES string of the molecule is CCCCCCNC(=O)Nc1ccc2oc3c(OC)ccc(C(=O)Nc4c(Cl)cncc4Cl)c3c2c1. The van der Waals surface area contributed by atoms with E-state index in [-0.39, 0.29) is 21.8 Å². The van der Waals surface area contributed by atoms with Crippen molar-refractivity contribution in [1.29, 1.82) is 0 Å². The van der Waals surface area contributed by atoms with Gasteiger partial charge in [0, 0.05) is 35.4 Å². The minimum atomic E-state index is -0.441. The molecule has 0 saturated heterocycles. The van der Waals surface area contributed by atoms with Gasteiger partial charge in [-0.15, -0.1) is 0 Å². The molecule has 0 radical (unpaired) electrons. The van der Waals surface area contributed by atoms with Gasteiger partial charge in [-0.3, -0.25) is 9.78 Å². The van der Waals surface area contributed by atoms with Crippen molar-refractivity contribution in [2.24, 2.45) is 0 Å². The second kappa shape index (κ2) is 11.5. The van der Waals surface area contributed by atoms with E-state index in [4.69, 9.17) is 32.4 Å². The molecule has 3 amide bonds. The van der Waals surface area contributed by atoms with Gasteiger partial charge in [0.05, 0.1) is 28.4 Å². The van der Waals surface area contributed by atoms with Crippen molar-refractivity contribution >= 4 is 68.5 Å². The van der Waals surface area contributed by atoms with Gasteiger partial charge < -0.3 is 25.1 Å². The first kappa shape index (κ1) is 25.6. The number of amides is 3. The molecule has 36 heavy (non-hydrogen) atoms. The van der Waals surface area contributed by atoms with E-state index < -0.39 is 5.91 Å². The Balaban J connectivity index is 1.66. The third-order valence-electron chi connectivity index (χ3n) is 5.71. The van der Waals surface area contributed by atoms with Crippen LogP contribution in [0.2, 0.25) is 10.0 Å². The molecule has 0 unspecified atom stereocenters. The van der Waals surface area contributed by atoms with Gasteiger partial charge in [0.1, 0.15) is 5.58 Å². The number of carbonyl (C=O) groups is 2. The summed E-state index contributed by atoms with van der Waals surface area (Å²) in [6, 6.07) is 8.24. The maximum atomic E-state index is 13.3. The van der Waals surface area contributed by atoms with E-state index in [1.807, 2.05) is 0 Å². The number of hydrogen-bond donors (Lipinski definition) is 3. The Morgan fingerprint density at radius 1 is 1.03 bits per heavy atom. The first-order valence-electron chi connectivity index (χ1n) is 11.6. The highest BCUT2D eigenvalue weighted by Gasteiger charge is 2.21. The number of urea groups is 1. The third-order valence-corrected chi connectivity index (χ3v) is 6.29. The van der Waals surface area contributed by atoms with Crippen molar-refractivity contribution in [2.45, 2.75) is 32.6 Å². The Labute approximate surface area is 218 Å². The molecule has 0 bridgehead atoms. The lowest BCUT2D eigenvalue weighted by Gasteiger charge is -2.11. The van der Waals surface area contributed by atoms with E-state index >= 15 is 0 Å². The zero-order valence-corrected chi connectivity index (χ0v) is 21.4. The molecule has 0 spiro atoms. The van der Waals surface area contributed by atoms with Crippen LogP contribution in [-0.4, -0.2) is 30.6 Å². The van der Waals surface area contributed by atoms with Gasteiger partial charge in [0.15, 0.2) is 11.3 Å². The van der Waals surface area contributed by atoms with Gasteiger partial charge in [-0.1, -0.05) is 49.4 Å². The first-order valence-corrected chi connectivity index (χ1v) is 12.4. The molecule has 10 heteroatoms. The van der Waals surface area contributed by atoms with Crippen LogP contribution in [0, 0.1) is 0 Å². The number of hydrogen-bond acceptors (Lipinski definition) is 5. The molecule has 2 aromatic carbocycles. The molecule has 0 aliphatic rings. The second-order valence-electron chi connectivity index (χ2n) is 8.21. The Morgan fingerprint density at radius 3 is 2.53 bits per heavy atom. The summed E-state index contributed by atoms with van der Waals surface area (Å²) in [6.07, 6.45) is 7.08. The molecule has 2 aromatic heterocycles. The number of pyridine rings is 1. The normalized spacial score (nSPS) is 11.0. The number of benzene rings is 2. The predicted octanol–water partition coefficient (Wildman–Crippen LogP) is 7.25. The van der Waals surface area contributed by atoms with Gasteiger partial charge in [0.25, 0.3) is 5.91 Å². The van der Waals surface area contributed by atoms with Crippen LogP contribution in [-0.2, 0) is 0 Å². The fourth-order valence-corrected chi connectivity index (χ4v) is 4.38. The highest BCUT2D eigenvalue weighted by molar-refractivity contribution is 6.40. The molecule has 0 atom stereocenters. The number of anilines is 2. The van der Waals surface area contributed by atoms with Crippen molar-refractivity contribution in [1.82, 2.24) is 10.3 Å². The molecule has 3 N–H and O–H groups in total. The zero-order valence-electron chi connectivity index (χ0n) is 19.9. The minimum Gasteiger partial charge on any atom is -0.493 e. The van der Waals surface area contributed by atoms with Gasteiger partial charge in [-0.25, -0.2) is 4.79 Å². The Morgan fingerprint density at radius 2 is 1.81 bits per heavy atom. The number of methoxy groups -OCH3 is 1. The summed E-state index contributed by atoms with van der Waals surface area (Å²) in [5, 5.41) is 10.1. The lowest BCUT2D eigenvalue weighted by Crippen LogP contribution is -2.29. The van der Waals surface area contributed by atoms with E-state index in [0.717, 1.165) is 25.7 Å². The zero-order chi connectivity index (χ0) is 25.7. The highest BCUT2D eigenvalue weighted by atomic mass is 35.5. The summed E-state index contributed by atoms with van der Waals surface area (Å²) in [4.78, 5) is 29.6. The van der Waals surface area contributed by atoms with Crippen molar-refractivity contribution in [2.75, 3.05) is 24.3 Å². The van der Waals surface area contributed by atoms with Crippen LogP contribution in [0.25, 0.3) is 21.9 Å². The molecule has 0 aliphatic carbocycles. The molecule has 188 valence electrons. The summed E-state index contributed by atoms with van der Waals surface area (Å²) in [6.45, 7) is 2.74. The maximum Gasteiger partial charge on any atom is 0.319 e. The second-order valence-corrected chi connectivity index (χ2v) is 9.02. The van der Waals surface area contributed by atoms with Crippen LogP contribution >= 0.6 is 23.2 Å². The van der Waals surface area contributed by atoms with Crippen LogP contribution in [0.15, 0.2) is 47.1 Å². The number of furan rings is 1. The number of ether oxygens (including phenoxy) is 1. The number of nitrogens with one attached hydrogen (secondary N) is 3. The molecule has 4 rings (SSSR count). The third kappa shape index (κ3) is 5.50. The maximum absolute atomic E-state index is 13.3. The van der Waals surface area contributed by atoms with Crippen molar-refractivity contribution < 1.29 is 18.7 Å². The smallest absolute Gasteiger partial charge is 0.319 e. The monoisotopic (exact) mass is 528 g/mol. The van der Waals surface area contributed by atoms with E-state index in [9.17, 15) is 9.59 Å². The van der Waals surface area contributed by atoms with Gasteiger partial charge in [-0.2, -0.15) is 0 Å². The van der Waals surface area contributed by atoms with E-state index in [1.54, 1.807) is 30.3 Å². The van der Waals surface area contributed by atoms with Crippen LogP contribution < -0.4 is 20.7 Å². The molecule has 0 fully saturated rings. The summed E-state index contributed by atoms with van der Waals surface area (Å²) in [5.41, 5.74) is 2.09. The molecule has 0 saturated carbocycles. The van der Waals surface area contributed by atoms with Crippen LogP contribution in [0.4, 0.5) is 16.2 Å². The number of halogens is 2. The van der Waals surface area contributed by atoms with Crippen molar-refractivity contribution in [3.8, 4) is 5.75 Å². The minimum absolute atomic E-state index is 0.213. The van der Waals surface area contributed by atoms with Gasteiger partial charge >= 0.3 is 6.03 Å². The molecular formula is C26H26Cl2N4O4. The van der Waals surface area contributed by atoms with E-state index in [1.165, 1.54) is 19.5 Å². The standard InChI is InChI=1S/C26H26Cl2N4O4/c1-3-4-5-6-11-30-26(34)31-15-7-9-20-17(12-15)22-16(8-10-21(35-2)24(22)36-20)25(33)32-23-18(27)13-29-14-19(23)28/h7-10,12-14H,3-6,11H2,1-2H3,(H,29,32,33)(H2,30,31,34). The van der Waals surface area contributed by atoms with Crippen LogP contribution in [0.5, 0.6) is 5.75 Å². The average molecular weight is 529 g/mol. The fourth-order valence-electron chi connectivity index (χ4n) is 3.92. The quantitative estimate of drug-likeness (QED) is 0.198. The number of carbonyl (C=O) groups excluding carboxylic acids is 2. The van der Waals surface area contributed by atoms with Crippen molar-refractivity contribution in [3.63, 3.8) is 0 Å². The lowest BCUT2D eigenvalue weighted by molar-refractivity contribution is 0.102. The van der Waals surface area contributed by atoms with E-state index in [0.29, 0.717) is 45.5 Å². The largest absolute Gasteiger partial charge is 0.493 e. The molecular weight excluding hydrogens is 503 g/mol. The Bertz CT molecular complexity index is 1400. The predicted molar refractivity (Wildman–Crippen MR) is 144 cm³/mol. The summed E-state index contributed by atoms with van der Waals surface area (Å²) in [5.74, 6) is 0.0283. The average Bonchev–Trinajstić information content (AvgIpc) is 3.24. The topological polar surface area (TPSA) is 105 Å². The Hall–Kier alpha value is -3.49. The number of unbranched alkanes of at least 4 members (excludes halogenated alkanes) is 3.